The molecule has 0 aliphatic heterocycles. The number of anilines is 1. The molecule has 1 aromatic rings. The smallest absolute Gasteiger partial charge is 0.240 e. The largest absolute Gasteiger partial charge is 0.382 e. The highest BCUT2D eigenvalue weighted by atomic mass is 16.5. The first-order valence-corrected chi connectivity index (χ1v) is 4.28. The van der Waals surface area contributed by atoms with Crippen LogP contribution in [0.1, 0.15) is 19.2 Å². The van der Waals surface area contributed by atoms with Gasteiger partial charge in [-0.1, -0.05) is 0 Å². The van der Waals surface area contributed by atoms with Gasteiger partial charge < -0.3 is 16.3 Å². The number of nitrogens with two attached hydrogens (primary N) is 2. The zero-order valence-electron chi connectivity index (χ0n) is 7.73. The van der Waals surface area contributed by atoms with E-state index in [1.807, 2.05) is 6.92 Å². The number of aromatic nitrogens is 3. The number of nitrogen functional groups attached to an aromatic ring is 2. The van der Waals surface area contributed by atoms with Crippen molar-refractivity contribution in [3.8, 4) is 0 Å². The molecule has 6 nitrogen and oxygen atoms in total. The fraction of sp³-hybridized carbons (Fsp3) is 0.714. The fourth-order valence-corrected chi connectivity index (χ4v) is 0.985. The van der Waals surface area contributed by atoms with Crippen LogP contribution < -0.4 is 11.6 Å². The molecule has 6 heteroatoms. The Kier molecular flexibility index (Phi) is 3.51. The molecule has 0 amide bonds. The molecule has 1 heterocycles. The Hall–Kier alpha value is -1.30. The van der Waals surface area contributed by atoms with Crippen molar-refractivity contribution in [1.82, 2.24) is 14.9 Å². The fourth-order valence-electron chi connectivity index (χ4n) is 0.985. The van der Waals surface area contributed by atoms with Crippen LogP contribution in [-0.2, 0) is 11.2 Å². The Morgan fingerprint density at radius 1 is 1.46 bits per heavy atom. The lowest BCUT2D eigenvalue weighted by Gasteiger charge is -2.01. The molecule has 0 saturated heterocycles. The Labute approximate surface area is 76.8 Å². The first-order chi connectivity index (χ1) is 6.25. The lowest BCUT2D eigenvalue weighted by atomic mass is 10.3. The summed E-state index contributed by atoms with van der Waals surface area (Å²) in [4.78, 5) is 0. The van der Waals surface area contributed by atoms with Gasteiger partial charge in [0.15, 0.2) is 5.82 Å². The molecule has 0 aromatic carbocycles. The third-order valence-electron chi connectivity index (χ3n) is 1.69. The normalized spacial score (nSPS) is 10.5. The number of hydrogen-bond donors (Lipinski definition) is 2. The Morgan fingerprint density at radius 2 is 2.23 bits per heavy atom. The maximum atomic E-state index is 5.54. The van der Waals surface area contributed by atoms with Crippen LogP contribution in [0.5, 0.6) is 0 Å². The maximum absolute atomic E-state index is 5.54. The zero-order valence-corrected chi connectivity index (χ0v) is 7.73. The summed E-state index contributed by atoms with van der Waals surface area (Å²) in [5.41, 5.74) is 5.40. The van der Waals surface area contributed by atoms with Gasteiger partial charge in [-0.15, -0.1) is 10.2 Å². The summed E-state index contributed by atoms with van der Waals surface area (Å²) < 4.78 is 6.47. The monoisotopic (exact) mass is 185 g/mol. The van der Waals surface area contributed by atoms with Crippen LogP contribution in [0.2, 0.25) is 0 Å². The summed E-state index contributed by atoms with van der Waals surface area (Å²) in [7, 11) is 0. The number of aryl methyl sites for hydroxylation is 1. The maximum Gasteiger partial charge on any atom is 0.240 e. The van der Waals surface area contributed by atoms with Crippen LogP contribution in [0, 0.1) is 0 Å². The molecule has 0 spiro atoms. The highest BCUT2D eigenvalue weighted by Crippen LogP contribution is 2.00. The molecule has 4 N–H and O–H groups in total. The Bertz CT molecular complexity index is 259. The van der Waals surface area contributed by atoms with Crippen molar-refractivity contribution in [3.05, 3.63) is 5.82 Å². The molecule has 0 saturated carbocycles. The SMILES string of the molecule is CCOCCCc1nnc(N)n1N. The molecule has 13 heavy (non-hydrogen) atoms. The van der Waals surface area contributed by atoms with Crippen LogP contribution in [-0.4, -0.2) is 28.1 Å². The average Bonchev–Trinajstić information content (AvgIpc) is 2.43. The second kappa shape index (κ2) is 4.66. The lowest BCUT2D eigenvalue weighted by Crippen LogP contribution is -2.16. The molecule has 0 fully saturated rings. The van der Waals surface area contributed by atoms with Crippen molar-refractivity contribution in [3.63, 3.8) is 0 Å². The number of nitrogens with zero attached hydrogens (tertiary/aromatic N) is 3. The minimum atomic E-state index is 0.242. The van der Waals surface area contributed by atoms with Gasteiger partial charge in [0.05, 0.1) is 0 Å². The van der Waals surface area contributed by atoms with E-state index in [0.717, 1.165) is 19.4 Å². The van der Waals surface area contributed by atoms with Gasteiger partial charge in [-0.2, -0.15) is 0 Å². The second-order valence-corrected chi connectivity index (χ2v) is 2.64. The number of rotatable bonds is 5. The molecule has 0 atom stereocenters. The molecule has 0 unspecified atom stereocenters. The minimum Gasteiger partial charge on any atom is -0.382 e. The highest BCUT2D eigenvalue weighted by molar-refractivity contribution is 5.16. The summed E-state index contributed by atoms with van der Waals surface area (Å²) in [5.74, 6) is 6.48. The topological polar surface area (TPSA) is 92.0 Å². The van der Waals surface area contributed by atoms with E-state index < -0.39 is 0 Å². The molecule has 0 radical (unpaired) electrons. The summed E-state index contributed by atoms with van der Waals surface area (Å²) in [6.45, 7) is 3.41. The Balaban J connectivity index is 2.32. The molecule has 0 bridgehead atoms. The van der Waals surface area contributed by atoms with Crippen molar-refractivity contribution in [2.45, 2.75) is 19.8 Å². The van der Waals surface area contributed by atoms with Crippen LogP contribution in [0.15, 0.2) is 0 Å². The van der Waals surface area contributed by atoms with Gasteiger partial charge in [-0.05, 0) is 13.3 Å². The van der Waals surface area contributed by atoms with E-state index in [4.69, 9.17) is 16.3 Å². The molecule has 74 valence electrons. The van der Waals surface area contributed by atoms with Crippen LogP contribution in [0.4, 0.5) is 5.95 Å². The molecular formula is C7H15N5O. The Morgan fingerprint density at radius 3 is 2.77 bits per heavy atom. The highest BCUT2D eigenvalue weighted by Gasteiger charge is 2.04. The lowest BCUT2D eigenvalue weighted by molar-refractivity contribution is 0.144. The van der Waals surface area contributed by atoms with Crippen molar-refractivity contribution >= 4 is 5.95 Å². The van der Waals surface area contributed by atoms with Gasteiger partial charge in [-0.25, -0.2) is 4.68 Å². The van der Waals surface area contributed by atoms with Crippen molar-refractivity contribution < 1.29 is 4.74 Å². The summed E-state index contributed by atoms with van der Waals surface area (Å²) in [6, 6.07) is 0. The third-order valence-corrected chi connectivity index (χ3v) is 1.69. The van der Waals surface area contributed by atoms with E-state index in [0.29, 0.717) is 12.4 Å². The number of ether oxygens (including phenoxy) is 1. The molecule has 0 aliphatic carbocycles. The van der Waals surface area contributed by atoms with Crippen molar-refractivity contribution in [2.75, 3.05) is 24.8 Å². The predicted molar refractivity (Wildman–Crippen MR) is 49.4 cm³/mol. The van der Waals surface area contributed by atoms with Crippen molar-refractivity contribution in [2.24, 2.45) is 0 Å². The van der Waals surface area contributed by atoms with Crippen LogP contribution >= 0.6 is 0 Å². The third kappa shape index (κ3) is 2.59. The summed E-state index contributed by atoms with van der Waals surface area (Å²) in [6.07, 6.45) is 1.61. The van der Waals surface area contributed by atoms with Crippen molar-refractivity contribution in [1.29, 1.82) is 0 Å². The zero-order chi connectivity index (χ0) is 9.68. The van der Waals surface area contributed by atoms with Gasteiger partial charge >= 0.3 is 0 Å². The minimum absolute atomic E-state index is 0.242. The van der Waals surface area contributed by atoms with Crippen LogP contribution in [0.25, 0.3) is 0 Å². The first-order valence-electron chi connectivity index (χ1n) is 4.28. The predicted octanol–water partition coefficient (Wildman–Crippen LogP) is -0.457. The van der Waals surface area contributed by atoms with Gasteiger partial charge in [-0.3, -0.25) is 0 Å². The van der Waals surface area contributed by atoms with E-state index >= 15 is 0 Å². The van der Waals surface area contributed by atoms with Gasteiger partial charge in [0.2, 0.25) is 5.95 Å². The summed E-state index contributed by atoms with van der Waals surface area (Å²) >= 11 is 0. The quantitative estimate of drug-likeness (QED) is 0.478. The van der Waals surface area contributed by atoms with E-state index in [1.165, 1.54) is 4.68 Å². The van der Waals surface area contributed by atoms with Crippen LogP contribution in [0.3, 0.4) is 0 Å². The van der Waals surface area contributed by atoms with E-state index in [1.54, 1.807) is 0 Å². The standard InChI is InChI=1S/C7H15N5O/c1-2-13-5-3-4-6-10-11-7(8)12(6)9/h2-5,9H2,1H3,(H2,8,11). The molecule has 0 aliphatic rings. The van der Waals surface area contributed by atoms with Gasteiger partial charge in [0.25, 0.3) is 0 Å². The molecule has 1 rings (SSSR count). The van der Waals surface area contributed by atoms with E-state index in [9.17, 15) is 0 Å². The van der Waals surface area contributed by atoms with E-state index in [-0.39, 0.29) is 5.95 Å². The molecular weight excluding hydrogens is 170 g/mol. The van der Waals surface area contributed by atoms with E-state index in [2.05, 4.69) is 10.2 Å². The summed E-state index contributed by atoms with van der Waals surface area (Å²) in [5, 5.41) is 7.46. The second-order valence-electron chi connectivity index (χ2n) is 2.64. The van der Waals surface area contributed by atoms with Gasteiger partial charge in [0.1, 0.15) is 0 Å². The first kappa shape index (κ1) is 9.79. The molecule has 1 aromatic heterocycles. The average molecular weight is 185 g/mol. The van der Waals surface area contributed by atoms with Gasteiger partial charge in [0, 0.05) is 19.6 Å². The number of hydrogen-bond acceptors (Lipinski definition) is 5.